The van der Waals surface area contributed by atoms with Crippen LogP contribution < -0.4 is 10.1 Å². The first-order valence-corrected chi connectivity index (χ1v) is 7.05. The molecule has 1 unspecified atom stereocenters. The van der Waals surface area contributed by atoms with E-state index in [0.717, 1.165) is 56.1 Å². The van der Waals surface area contributed by atoms with Gasteiger partial charge < -0.3 is 14.8 Å². The maximum Gasteiger partial charge on any atom is 0.128 e. The third-order valence-electron chi connectivity index (χ3n) is 3.48. The Morgan fingerprint density at radius 1 is 1.26 bits per heavy atom. The second kappa shape index (κ2) is 6.06. The Labute approximate surface area is 113 Å². The fourth-order valence-electron chi connectivity index (χ4n) is 2.40. The molecule has 0 aromatic heterocycles. The van der Waals surface area contributed by atoms with E-state index in [4.69, 9.17) is 9.47 Å². The Kier molecular flexibility index (Phi) is 3.98. The van der Waals surface area contributed by atoms with Gasteiger partial charge in [0.15, 0.2) is 0 Å². The van der Waals surface area contributed by atoms with Gasteiger partial charge in [-0.25, -0.2) is 0 Å². The molecule has 4 nitrogen and oxygen atoms in total. The van der Waals surface area contributed by atoms with Crippen LogP contribution in [-0.4, -0.2) is 38.2 Å². The fourth-order valence-corrected chi connectivity index (χ4v) is 2.40. The van der Waals surface area contributed by atoms with Gasteiger partial charge in [0, 0.05) is 25.3 Å². The molecule has 4 heteroatoms. The molecule has 1 atom stereocenters. The summed E-state index contributed by atoms with van der Waals surface area (Å²) in [5.41, 5.74) is 1.13. The van der Waals surface area contributed by atoms with Gasteiger partial charge in [-0.05, 0) is 43.5 Å². The van der Waals surface area contributed by atoms with Crippen molar-refractivity contribution in [2.45, 2.75) is 25.4 Å². The molecule has 0 aliphatic carbocycles. The highest BCUT2D eigenvalue weighted by Crippen LogP contribution is 2.17. The number of aliphatic imine (C=N–C) groups is 1. The van der Waals surface area contributed by atoms with Crippen molar-refractivity contribution >= 4 is 5.84 Å². The maximum absolute atomic E-state index is 5.75. The minimum absolute atomic E-state index is 0.268. The zero-order valence-electron chi connectivity index (χ0n) is 11.1. The number of benzene rings is 1. The zero-order valence-corrected chi connectivity index (χ0v) is 11.1. The summed E-state index contributed by atoms with van der Waals surface area (Å²) >= 11 is 0. The molecule has 1 fully saturated rings. The van der Waals surface area contributed by atoms with Crippen LogP contribution in [0.2, 0.25) is 0 Å². The van der Waals surface area contributed by atoms with Crippen LogP contribution in [0.5, 0.6) is 5.75 Å². The lowest BCUT2D eigenvalue weighted by Crippen LogP contribution is -2.30. The van der Waals surface area contributed by atoms with Crippen molar-refractivity contribution in [1.82, 2.24) is 5.32 Å². The van der Waals surface area contributed by atoms with Crippen molar-refractivity contribution in [2.24, 2.45) is 4.99 Å². The smallest absolute Gasteiger partial charge is 0.128 e. The predicted octanol–water partition coefficient (Wildman–Crippen LogP) is 1.98. The van der Waals surface area contributed by atoms with Crippen molar-refractivity contribution < 1.29 is 9.47 Å². The SMILES string of the molecule is c1cc(C2=NCCCN2)ccc1OCC1CCCO1. The second-order valence-corrected chi connectivity index (χ2v) is 4.98. The summed E-state index contributed by atoms with van der Waals surface area (Å²) in [5, 5.41) is 3.32. The van der Waals surface area contributed by atoms with Crippen LogP contribution >= 0.6 is 0 Å². The molecule has 3 rings (SSSR count). The minimum Gasteiger partial charge on any atom is -0.491 e. The van der Waals surface area contributed by atoms with Gasteiger partial charge in [0.05, 0.1) is 6.10 Å². The van der Waals surface area contributed by atoms with Gasteiger partial charge >= 0.3 is 0 Å². The number of nitrogens with zero attached hydrogens (tertiary/aromatic N) is 1. The van der Waals surface area contributed by atoms with Crippen molar-refractivity contribution in [2.75, 3.05) is 26.3 Å². The molecule has 2 aliphatic rings. The lowest BCUT2D eigenvalue weighted by atomic mass is 10.1. The molecule has 0 spiro atoms. The molecular formula is C15H20N2O2. The van der Waals surface area contributed by atoms with Crippen LogP contribution in [0.15, 0.2) is 29.3 Å². The molecule has 0 saturated carbocycles. The number of ether oxygens (including phenoxy) is 2. The average molecular weight is 260 g/mol. The molecule has 0 amide bonds. The summed E-state index contributed by atoms with van der Waals surface area (Å²) in [6.45, 7) is 3.45. The van der Waals surface area contributed by atoms with Crippen LogP contribution in [0.3, 0.4) is 0 Å². The minimum atomic E-state index is 0.268. The molecule has 19 heavy (non-hydrogen) atoms. The monoisotopic (exact) mass is 260 g/mol. The highest BCUT2D eigenvalue weighted by molar-refractivity contribution is 5.99. The number of nitrogens with one attached hydrogen (secondary N) is 1. The number of amidine groups is 1. The maximum atomic E-state index is 5.75. The van der Waals surface area contributed by atoms with Crippen LogP contribution in [0, 0.1) is 0 Å². The van der Waals surface area contributed by atoms with Crippen molar-refractivity contribution in [1.29, 1.82) is 0 Å². The molecule has 2 heterocycles. The summed E-state index contributed by atoms with van der Waals surface area (Å²) in [6.07, 6.45) is 3.65. The molecule has 1 N–H and O–H groups in total. The van der Waals surface area contributed by atoms with Crippen molar-refractivity contribution in [3.8, 4) is 5.75 Å². The quantitative estimate of drug-likeness (QED) is 0.900. The fraction of sp³-hybridized carbons (Fsp3) is 0.533. The van der Waals surface area contributed by atoms with E-state index >= 15 is 0 Å². The molecule has 102 valence electrons. The number of hydrogen-bond acceptors (Lipinski definition) is 4. The lowest BCUT2D eigenvalue weighted by Gasteiger charge is -2.15. The van der Waals surface area contributed by atoms with Crippen LogP contribution in [0.25, 0.3) is 0 Å². The summed E-state index contributed by atoms with van der Waals surface area (Å²) in [6, 6.07) is 8.12. The van der Waals surface area contributed by atoms with E-state index < -0.39 is 0 Å². The van der Waals surface area contributed by atoms with Gasteiger partial charge in [-0.2, -0.15) is 0 Å². The summed E-state index contributed by atoms with van der Waals surface area (Å²) in [4.78, 5) is 4.48. The normalized spacial score (nSPS) is 22.7. The molecule has 2 aliphatic heterocycles. The summed E-state index contributed by atoms with van der Waals surface area (Å²) < 4.78 is 11.3. The Hall–Kier alpha value is -1.55. The third kappa shape index (κ3) is 3.26. The van der Waals surface area contributed by atoms with Gasteiger partial charge in [-0.15, -0.1) is 0 Å². The Morgan fingerprint density at radius 2 is 2.16 bits per heavy atom. The van der Waals surface area contributed by atoms with Gasteiger partial charge in [0.1, 0.15) is 18.2 Å². The van der Waals surface area contributed by atoms with Gasteiger partial charge in [-0.1, -0.05) is 0 Å². The van der Waals surface area contributed by atoms with E-state index in [0.29, 0.717) is 6.61 Å². The highest BCUT2D eigenvalue weighted by atomic mass is 16.5. The third-order valence-corrected chi connectivity index (χ3v) is 3.48. The highest BCUT2D eigenvalue weighted by Gasteiger charge is 2.16. The van der Waals surface area contributed by atoms with E-state index in [1.54, 1.807) is 0 Å². The Bertz CT molecular complexity index is 436. The van der Waals surface area contributed by atoms with Crippen molar-refractivity contribution in [3.63, 3.8) is 0 Å². The first-order chi connectivity index (χ1) is 9.42. The van der Waals surface area contributed by atoms with Crippen LogP contribution in [0.4, 0.5) is 0 Å². The first-order valence-electron chi connectivity index (χ1n) is 7.05. The molecule has 0 radical (unpaired) electrons. The predicted molar refractivity (Wildman–Crippen MR) is 74.9 cm³/mol. The van der Waals surface area contributed by atoms with Crippen LogP contribution in [-0.2, 0) is 4.74 Å². The van der Waals surface area contributed by atoms with E-state index in [1.807, 2.05) is 12.1 Å². The summed E-state index contributed by atoms with van der Waals surface area (Å²) in [5.74, 6) is 1.90. The molecular weight excluding hydrogens is 240 g/mol. The molecule has 1 aromatic rings. The molecule has 1 aromatic carbocycles. The van der Waals surface area contributed by atoms with Gasteiger partial charge in [-0.3, -0.25) is 4.99 Å². The van der Waals surface area contributed by atoms with E-state index in [9.17, 15) is 0 Å². The van der Waals surface area contributed by atoms with Gasteiger partial charge in [0.25, 0.3) is 0 Å². The largest absolute Gasteiger partial charge is 0.491 e. The Balaban J connectivity index is 1.57. The lowest BCUT2D eigenvalue weighted by molar-refractivity contribution is 0.0679. The van der Waals surface area contributed by atoms with Gasteiger partial charge in [0.2, 0.25) is 0 Å². The number of rotatable bonds is 4. The first kappa shape index (κ1) is 12.5. The average Bonchev–Trinajstić information content (AvgIpc) is 3.00. The Morgan fingerprint density at radius 3 is 2.84 bits per heavy atom. The molecule has 1 saturated heterocycles. The summed E-state index contributed by atoms with van der Waals surface area (Å²) in [7, 11) is 0. The standard InChI is InChI=1S/C15H20N2O2/c1-3-14(18-10-1)11-19-13-6-4-12(5-7-13)15-16-8-2-9-17-15/h4-7,14H,1-3,8-11H2,(H,16,17). The zero-order chi connectivity index (χ0) is 12.9. The number of hydrogen-bond donors (Lipinski definition) is 1. The molecule has 0 bridgehead atoms. The second-order valence-electron chi connectivity index (χ2n) is 4.98. The van der Waals surface area contributed by atoms with Crippen molar-refractivity contribution in [3.05, 3.63) is 29.8 Å². The van der Waals surface area contributed by atoms with E-state index in [-0.39, 0.29) is 6.10 Å². The van der Waals surface area contributed by atoms with Crippen LogP contribution in [0.1, 0.15) is 24.8 Å². The topological polar surface area (TPSA) is 42.9 Å². The van der Waals surface area contributed by atoms with E-state index in [2.05, 4.69) is 22.4 Å². The van der Waals surface area contributed by atoms with E-state index in [1.165, 1.54) is 0 Å².